The van der Waals surface area contributed by atoms with Gasteiger partial charge in [-0.3, -0.25) is 0 Å². The fourth-order valence-corrected chi connectivity index (χ4v) is 2.13. The molecule has 1 aliphatic rings. The predicted octanol–water partition coefficient (Wildman–Crippen LogP) is 2.77. The summed E-state index contributed by atoms with van der Waals surface area (Å²) in [7, 11) is 0. The van der Waals surface area contributed by atoms with E-state index in [-0.39, 0.29) is 5.82 Å². The summed E-state index contributed by atoms with van der Waals surface area (Å²) >= 11 is 0. The highest BCUT2D eigenvalue weighted by molar-refractivity contribution is 5.43. The van der Waals surface area contributed by atoms with Gasteiger partial charge in [0.1, 0.15) is 0 Å². The number of pyridine rings is 1. The topological polar surface area (TPSA) is 16.1 Å². The molecule has 1 saturated heterocycles. The summed E-state index contributed by atoms with van der Waals surface area (Å²) in [6.45, 7) is 5.85. The van der Waals surface area contributed by atoms with E-state index in [2.05, 4.69) is 16.8 Å². The molecule has 0 N–H and O–H groups in total. The van der Waals surface area contributed by atoms with E-state index >= 15 is 0 Å². The van der Waals surface area contributed by atoms with Gasteiger partial charge in [-0.15, -0.1) is 0 Å². The Labute approximate surface area is 90.1 Å². The molecule has 1 aromatic heterocycles. The van der Waals surface area contributed by atoms with Crippen molar-refractivity contribution in [3.05, 3.63) is 23.6 Å². The number of anilines is 1. The van der Waals surface area contributed by atoms with E-state index in [1.807, 2.05) is 0 Å². The van der Waals surface area contributed by atoms with Crippen LogP contribution in [0.15, 0.2) is 12.3 Å². The number of nitrogens with zero attached hydrogens (tertiary/aromatic N) is 2. The molecule has 0 aliphatic carbocycles. The van der Waals surface area contributed by atoms with E-state index in [1.54, 1.807) is 19.2 Å². The number of hydrogen-bond acceptors (Lipinski definition) is 2. The summed E-state index contributed by atoms with van der Waals surface area (Å²) in [5.74, 6) is 1.01. The van der Waals surface area contributed by atoms with Crippen LogP contribution in [0.1, 0.15) is 25.3 Å². The van der Waals surface area contributed by atoms with Crippen LogP contribution >= 0.6 is 0 Å². The third kappa shape index (κ3) is 2.11. The molecule has 0 amide bonds. The number of halogens is 1. The summed E-state index contributed by atoms with van der Waals surface area (Å²) in [6, 6.07) is 1.71. The predicted molar refractivity (Wildman–Crippen MR) is 59.5 cm³/mol. The van der Waals surface area contributed by atoms with Crippen molar-refractivity contribution >= 4 is 5.82 Å². The van der Waals surface area contributed by atoms with E-state index < -0.39 is 0 Å². The summed E-state index contributed by atoms with van der Waals surface area (Å²) < 4.78 is 13.8. The second-order valence-corrected chi connectivity index (χ2v) is 4.46. The molecule has 0 radical (unpaired) electrons. The number of rotatable bonds is 1. The normalized spacial score (nSPS) is 21.8. The third-order valence-corrected chi connectivity index (χ3v) is 3.02. The zero-order valence-electron chi connectivity index (χ0n) is 9.33. The molecular formula is C12H17FN2. The molecule has 1 unspecified atom stereocenters. The SMILES string of the molecule is Cc1ccnc(N2CCCC(C)C2)c1F. The molecule has 3 heteroatoms. The lowest BCUT2D eigenvalue weighted by atomic mass is 10.0. The van der Waals surface area contributed by atoms with E-state index in [0.29, 0.717) is 17.3 Å². The van der Waals surface area contributed by atoms with Crippen molar-refractivity contribution in [3.63, 3.8) is 0 Å². The minimum Gasteiger partial charge on any atom is -0.354 e. The molecule has 15 heavy (non-hydrogen) atoms. The summed E-state index contributed by atoms with van der Waals surface area (Å²) in [6.07, 6.45) is 4.06. The summed E-state index contributed by atoms with van der Waals surface area (Å²) in [5.41, 5.74) is 0.679. The third-order valence-electron chi connectivity index (χ3n) is 3.02. The zero-order chi connectivity index (χ0) is 10.8. The fraction of sp³-hybridized carbons (Fsp3) is 0.583. The first-order valence-electron chi connectivity index (χ1n) is 5.54. The maximum absolute atomic E-state index is 13.8. The van der Waals surface area contributed by atoms with Gasteiger partial charge in [-0.05, 0) is 37.3 Å². The summed E-state index contributed by atoms with van der Waals surface area (Å²) in [5, 5.41) is 0. The molecule has 0 spiro atoms. The van der Waals surface area contributed by atoms with Crippen LogP contribution in [0.25, 0.3) is 0 Å². The van der Waals surface area contributed by atoms with Crippen molar-refractivity contribution in [3.8, 4) is 0 Å². The average Bonchev–Trinajstić information content (AvgIpc) is 2.22. The van der Waals surface area contributed by atoms with Gasteiger partial charge in [0.05, 0.1) is 0 Å². The molecule has 82 valence electrons. The molecule has 0 saturated carbocycles. The highest BCUT2D eigenvalue weighted by Gasteiger charge is 2.20. The highest BCUT2D eigenvalue weighted by Crippen LogP contribution is 2.24. The first-order chi connectivity index (χ1) is 7.18. The first-order valence-corrected chi connectivity index (χ1v) is 5.54. The maximum Gasteiger partial charge on any atom is 0.168 e. The lowest BCUT2D eigenvalue weighted by Gasteiger charge is -2.32. The lowest BCUT2D eigenvalue weighted by Crippen LogP contribution is -2.35. The molecular weight excluding hydrogens is 191 g/mol. The fourth-order valence-electron chi connectivity index (χ4n) is 2.13. The Balaban J connectivity index is 2.24. The molecule has 1 aliphatic heterocycles. The molecule has 0 bridgehead atoms. The quantitative estimate of drug-likeness (QED) is 0.705. The van der Waals surface area contributed by atoms with Gasteiger partial charge in [0.2, 0.25) is 0 Å². The second kappa shape index (κ2) is 4.17. The monoisotopic (exact) mass is 208 g/mol. The molecule has 1 fully saturated rings. The van der Waals surface area contributed by atoms with Gasteiger partial charge in [0.15, 0.2) is 11.6 Å². The minimum atomic E-state index is -0.161. The Morgan fingerprint density at radius 3 is 3.07 bits per heavy atom. The van der Waals surface area contributed by atoms with Crippen LogP contribution < -0.4 is 4.90 Å². The van der Waals surface area contributed by atoms with Crippen LogP contribution in [0.3, 0.4) is 0 Å². The van der Waals surface area contributed by atoms with E-state index in [0.717, 1.165) is 19.5 Å². The first kappa shape index (κ1) is 10.4. The van der Waals surface area contributed by atoms with Crippen molar-refractivity contribution < 1.29 is 4.39 Å². The van der Waals surface area contributed by atoms with Crippen molar-refractivity contribution in [2.45, 2.75) is 26.7 Å². The van der Waals surface area contributed by atoms with E-state index in [1.165, 1.54) is 6.42 Å². The highest BCUT2D eigenvalue weighted by atomic mass is 19.1. The van der Waals surface area contributed by atoms with Crippen LogP contribution in [0, 0.1) is 18.7 Å². The Kier molecular flexibility index (Phi) is 2.89. The van der Waals surface area contributed by atoms with Crippen LogP contribution in [0.5, 0.6) is 0 Å². The van der Waals surface area contributed by atoms with Crippen LogP contribution in [0.4, 0.5) is 10.2 Å². The van der Waals surface area contributed by atoms with Gasteiger partial charge in [0, 0.05) is 19.3 Å². The number of aryl methyl sites for hydroxylation is 1. The van der Waals surface area contributed by atoms with Crippen molar-refractivity contribution in [2.75, 3.05) is 18.0 Å². The number of piperidine rings is 1. The maximum atomic E-state index is 13.8. The standard InChI is InChI=1S/C12H17FN2/c1-9-4-3-7-15(8-9)12-11(13)10(2)5-6-14-12/h5-6,9H,3-4,7-8H2,1-2H3. The van der Waals surface area contributed by atoms with E-state index in [9.17, 15) is 4.39 Å². The minimum absolute atomic E-state index is 0.161. The van der Waals surface area contributed by atoms with Crippen molar-refractivity contribution in [1.29, 1.82) is 0 Å². The molecule has 2 nitrogen and oxygen atoms in total. The Morgan fingerprint density at radius 1 is 1.53 bits per heavy atom. The van der Waals surface area contributed by atoms with Crippen LogP contribution in [0.2, 0.25) is 0 Å². The number of aromatic nitrogens is 1. The molecule has 2 rings (SSSR count). The molecule has 1 aromatic rings. The number of hydrogen-bond donors (Lipinski definition) is 0. The Hall–Kier alpha value is -1.12. The Morgan fingerprint density at radius 2 is 2.33 bits per heavy atom. The molecule has 0 aromatic carbocycles. The van der Waals surface area contributed by atoms with Crippen LogP contribution in [-0.2, 0) is 0 Å². The smallest absolute Gasteiger partial charge is 0.168 e. The van der Waals surface area contributed by atoms with Gasteiger partial charge in [-0.25, -0.2) is 9.37 Å². The average molecular weight is 208 g/mol. The molecule has 1 atom stereocenters. The van der Waals surface area contributed by atoms with Gasteiger partial charge in [-0.2, -0.15) is 0 Å². The zero-order valence-corrected chi connectivity index (χ0v) is 9.33. The molecule has 2 heterocycles. The van der Waals surface area contributed by atoms with Crippen molar-refractivity contribution in [2.24, 2.45) is 5.92 Å². The summed E-state index contributed by atoms with van der Waals surface area (Å²) in [4.78, 5) is 6.21. The lowest BCUT2D eigenvalue weighted by molar-refractivity contribution is 0.438. The van der Waals surface area contributed by atoms with Gasteiger partial charge >= 0.3 is 0 Å². The van der Waals surface area contributed by atoms with Gasteiger partial charge in [-0.1, -0.05) is 6.92 Å². The Bertz CT molecular complexity index is 351. The van der Waals surface area contributed by atoms with Gasteiger partial charge in [0.25, 0.3) is 0 Å². The van der Waals surface area contributed by atoms with Crippen molar-refractivity contribution in [1.82, 2.24) is 4.98 Å². The largest absolute Gasteiger partial charge is 0.354 e. The van der Waals surface area contributed by atoms with E-state index in [4.69, 9.17) is 0 Å². The second-order valence-electron chi connectivity index (χ2n) is 4.46. The van der Waals surface area contributed by atoms with Gasteiger partial charge < -0.3 is 4.90 Å². The van der Waals surface area contributed by atoms with Crippen LogP contribution in [-0.4, -0.2) is 18.1 Å².